The monoisotopic (exact) mass is 270 g/mol. The van der Waals surface area contributed by atoms with Crippen LogP contribution in [0.5, 0.6) is 5.75 Å². The van der Waals surface area contributed by atoms with E-state index in [-0.39, 0.29) is 12.5 Å². The van der Waals surface area contributed by atoms with Gasteiger partial charge in [0.1, 0.15) is 5.75 Å². The average molecular weight is 270 g/mol. The first-order valence-corrected chi connectivity index (χ1v) is 6.89. The molecule has 2 aromatic carbocycles. The van der Waals surface area contributed by atoms with Gasteiger partial charge in [-0.15, -0.1) is 0 Å². The fraction of sp³-hybridized carbons (Fsp3) is 0.375. The van der Waals surface area contributed by atoms with Crippen LogP contribution in [0.4, 0.5) is 0 Å². The van der Waals surface area contributed by atoms with E-state index in [0.717, 1.165) is 16.6 Å². The van der Waals surface area contributed by atoms with Gasteiger partial charge < -0.3 is 14.0 Å². The third-order valence-corrected chi connectivity index (χ3v) is 3.63. The Morgan fingerprint density at radius 1 is 1.10 bits per heavy atom. The molecule has 0 radical (unpaired) electrons. The van der Waals surface area contributed by atoms with Crippen molar-refractivity contribution in [1.29, 1.82) is 0 Å². The summed E-state index contributed by atoms with van der Waals surface area (Å²) in [5.74, 6) is 0.848. The maximum absolute atomic E-state index is 5.90. The zero-order chi connectivity index (χ0) is 14.2. The van der Waals surface area contributed by atoms with Crippen molar-refractivity contribution >= 4 is 23.4 Å². The van der Waals surface area contributed by atoms with Crippen LogP contribution in [0.3, 0.4) is 0 Å². The van der Waals surface area contributed by atoms with Crippen molar-refractivity contribution in [3.63, 3.8) is 0 Å². The van der Waals surface area contributed by atoms with Crippen molar-refractivity contribution in [2.24, 2.45) is 5.41 Å². The summed E-state index contributed by atoms with van der Waals surface area (Å²) >= 11 is 0. The van der Waals surface area contributed by atoms with Crippen molar-refractivity contribution in [3.8, 4) is 5.75 Å². The van der Waals surface area contributed by atoms with Crippen molar-refractivity contribution < 1.29 is 14.0 Å². The molecule has 0 unspecified atom stereocenters. The van der Waals surface area contributed by atoms with Gasteiger partial charge >= 0.3 is 7.12 Å². The van der Waals surface area contributed by atoms with Crippen LogP contribution < -0.4 is 10.2 Å². The van der Waals surface area contributed by atoms with E-state index >= 15 is 0 Å². The van der Waals surface area contributed by atoms with Crippen LogP contribution in [0.1, 0.15) is 13.8 Å². The molecule has 104 valence electrons. The van der Waals surface area contributed by atoms with Crippen molar-refractivity contribution in [2.45, 2.75) is 13.8 Å². The van der Waals surface area contributed by atoms with Gasteiger partial charge in [0, 0.05) is 18.6 Å². The molecule has 0 atom stereocenters. The van der Waals surface area contributed by atoms with Crippen molar-refractivity contribution in [2.75, 3.05) is 20.3 Å². The number of rotatable bonds is 2. The lowest BCUT2D eigenvalue weighted by molar-refractivity contribution is 0.0344. The molecule has 0 aromatic heterocycles. The van der Waals surface area contributed by atoms with Crippen molar-refractivity contribution in [3.05, 3.63) is 36.4 Å². The zero-order valence-electron chi connectivity index (χ0n) is 12.2. The van der Waals surface area contributed by atoms with E-state index in [2.05, 4.69) is 32.0 Å². The van der Waals surface area contributed by atoms with Crippen LogP contribution in [0.25, 0.3) is 10.8 Å². The average Bonchev–Trinajstić information content (AvgIpc) is 2.46. The Hall–Kier alpha value is -1.52. The summed E-state index contributed by atoms with van der Waals surface area (Å²) in [7, 11) is 1.39. The second-order valence-electron chi connectivity index (χ2n) is 6.05. The molecule has 3 nitrogen and oxygen atoms in total. The Balaban J connectivity index is 1.99. The quantitative estimate of drug-likeness (QED) is 0.785. The van der Waals surface area contributed by atoms with E-state index in [4.69, 9.17) is 14.0 Å². The van der Waals surface area contributed by atoms with Gasteiger partial charge in [0.05, 0.1) is 7.11 Å². The lowest BCUT2D eigenvalue weighted by Crippen LogP contribution is -2.47. The number of ether oxygens (including phenoxy) is 1. The largest absolute Gasteiger partial charge is 0.497 e. The van der Waals surface area contributed by atoms with E-state index in [1.54, 1.807) is 7.11 Å². The molecule has 0 aliphatic carbocycles. The van der Waals surface area contributed by atoms with Gasteiger partial charge in [0.15, 0.2) is 0 Å². The van der Waals surface area contributed by atoms with Gasteiger partial charge in [-0.3, -0.25) is 0 Å². The normalized spacial score (nSPS) is 18.2. The van der Waals surface area contributed by atoms with Gasteiger partial charge in [0.2, 0.25) is 0 Å². The second-order valence-corrected chi connectivity index (χ2v) is 6.05. The van der Waals surface area contributed by atoms with Crippen LogP contribution in [0.15, 0.2) is 36.4 Å². The minimum atomic E-state index is -0.293. The zero-order valence-corrected chi connectivity index (χ0v) is 12.2. The molecular formula is C16H19BO3. The SMILES string of the molecule is COc1ccc2cccc(B3OCC(C)(C)CO3)c2c1. The molecule has 1 heterocycles. The number of benzene rings is 2. The van der Waals surface area contributed by atoms with Gasteiger partial charge in [-0.25, -0.2) is 0 Å². The van der Waals surface area contributed by atoms with Crippen LogP contribution in [-0.2, 0) is 9.31 Å². The first kappa shape index (κ1) is 13.5. The molecule has 1 aliphatic heterocycles. The van der Waals surface area contributed by atoms with E-state index in [1.165, 1.54) is 5.39 Å². The Labute approximate surface area is 120 Å². The summed E-state index contributed by atoms with van der Waals surface area (Å²) in [6.45, 7) is 5.71. The Bertz CT molecular complexity index is 614. The molecule has 0 saturated carbocycles. The summed E-state index contributed by atoms with van der Waals surface area (Å²) in [6, 6.07) is 12.3. The molecular weight excluding hydrogens is 251 g/mol. The molecule has 0 bridgehead atoms. The molecule has 0 amide bonds. The molecule has 1 aliphatic rings. The smallest absolute Gasteiger partial charge is 0.494 e. The van der Waals surface area contributed by atoms with Gasteiger partial charge in [-0.05, 0) is 28.4 Å². The number of fused-ring (bicyclic) bond motifs is 1. The third-order valence-electron chi connectivity index (χ3n) is 3.63. The van der Waals surface area contributed by atoms with E-state index < -0.39 is 0 Å². The fourth-order valence-corrected chi connectivity index (χ4v) is 2.48. The minimum Gasteiger partial charge on any atom is -0.497 e. The number of methoxy groups -OCH3 is 1. The molecule has 1 fully saturated rings. The molecule has 0 spiro atoms. The molecule has 0 N–H and O–H groups in total. The van der Waals surface area contributed by atoms with Crippen molar-refractivity contribution in [1.82, 2.24) is 0 Å². The summed E-state index contributed by atoms with van der Waals surface area (Å²) in [5, 5.41) is 2.29. The Morgan fingerprint density at radius 2 is 1.85 bits per heavy atom. The maximum atomic E-state index is 5.90. The molecule has 4 heteroatoms. The predicted octanol–water partition coefficient (Wildman–Crippen LogP) is 2.62. The highest BCUT2D eigenvalue weighted by molar-refractivity contribution is 6.64. The van der Waals surface area contributed by atoms with Crippen LogP contribution >= 0.6 is 0 Å². The van der Waals surface area contributed by atoms with Gasteiger partial charge in [-0.2, -0.15) is 0 Å². The Morgan fingerprint density at radius 3 is 2.55 bits per heavy atom. The number of hydrogen-bond donors (Lipinski definition) is 0. The van der Waals surface area contributed by atoms with Gasteiger partial charge in [0.25, 0.3) is 0 Å². The highest BCUT2D eigenvalue weighted by Crippen LogP contribution is 2.24. The lowest BCUT2D eigenvalue weighted by Gasteiger charge is -2.33. The first-order valence-electron chi connectivity index (χ1n) is 6.89. The summed E-state index contributed by atoms with van der Waals surface area (Å²) in [4.78, 5) is 0. The molecule has 20 heavy (non-hydrogen) atoms. The van der Waals surface area contributed by atoms with E-state index in [9.17, 15) is 0 Å². The standard InChI is InChI=1S/C16H19BO3/c1-16(2)10-19-17(20-11-16)15-6-4-5-12-7-8-13(18-3)9-14(12)15/h4-9H,10-11H2,1-3H3. The number of hydrogen-bond acceptors (Lipinski definition) is 3. The maximum Gasteiger partial charge on any atom is 0.494 e. The highest BCUT2D eigenvalue weighted by Gasteiger charge is 2.34. The second kappa shape index (κ2) is 5.11. The van der Waals surface area contributed by atoms with E-state index in [0.29, 0.717) is 13.2 Å². The molecule has 3 rings (SSSR count). The molecule has 2 aromatic rings. The van der Waals surface area contributed by atoms with Gasteiger partial charge in [-0.1, -0.05) is 38.1 Å². The van der Waals surface area contributed by atoms with Crippen LogP contribution in [0, 0.1) is 5.41 Å². The van der Waals surface area contributed by atoms with E-state index in [1.807, 2.05) is 18.2 Å². The fourth-order valence-electron chi connectivity index (χ4n) is 2.48. The Kier molecular flexibility index (Phi) is 3.44. The van der Waals surface area contributed by atoms with Crippen LogP contribution in [-0.4, -0.2) is 27.4 Å². The topological polar surface area (TPSA) is 27.7 Å². The summed E-state index contributed by atoms with van der Waals surface area (Å²) in [6.07, 6.45) is 0. The third kappa shape index (κ3) is 2.54. The summed E-state index contributed by atoms with van der Waals surface area (Å²) in [5.41, 5.74) is 1.15. The predicted molar refractivity (Wildman–Crippen MR) is 81.6 cm³/mol. The van der Waals surface area contributed by atoms with Crippen LogP contribution in [0.2, 0.25) is 0 Å². The summed E-state index contributed by atoms with van der Waals surface area (Å²) < 4.78 is 17.1. The molecule has 1 saturated heterocycles. The minimum absolute atomic E-state index is 0.0821. The first-order chi connectivity index (χ1) is 9.59. The lowest BCUT2D eigenvalue weighted by atomic mass is 9.73. The highest BCUT2D eigenvalue weighted by atomic mass is 16.6.